The van der Waals surface area contributed by atoms with Gasteiger partial charge in [-0.25, -0.2) is 4.39 Å². The van der Waals surface area contributed by atoms with E-state index < -0.39 is 17.8 Å². The first-order valence-corrected chi connectivity index (χ1v) is 12.4. The molecule has 2 aliphatic heterocycles. The highest BCUT2D eigenvalue weighted by Crippen LogP contribution is 2.48. The molecule has 3 aromatic rings. The van der Waals surface area contributed by atoms with Crippen molar-refractivity contribution in [1.82, 2.24) is 4.90 Å². The van der Waals surface area contributed by atoms with Crippen molar-refractivity contribution in [2.75, 3.05) is 25.1 Å². The number of benzene rings is 3. The van der Waals surface area contributed by atoms with Crippen LogP contribution in [0.25, 0.3) is 0 Å². The van der Waals surface area contributed by atoms with Gasteiger partial charge in [0.25, 0.3) is 5.91 Å². The second-order valence-corrected chi connectivity index (χ2v) is 9.14. The third-order valence-corrected chi connectivity index (χ3v) is 6.97. The fourth-order valence-corrected chi connectivity index (χ4v) is 5.37. The summed E-state index contributed by atoms with van der Waals surface area (Å²) in [6.45, 7) is 5.20. The van der Waals surface area contributed by atoms with Crippen molar-refractivity contribution in [1.29, 1.82) is 0 Å². The summed E-state index contributed by atoms with van der Waals surface area (Å²) in [7, 11) is 0. The first-order valence-electron chi connectivity index (χ1n) is 12.0. The number of carbonyl (C=O) groups excluding carboxylic acids is 2. The van der Waals surface area contributed by atoms with Gasteiger partial charge in [0, 0.05) is 12.1 Å². The molecule has 0 aromatic heterocycles. The van der Waals surface area contributed by atoms with Gasteiger partial charge in [-0.3, -0.25) is 9.59 Å². The van der Waals surface area contributed by atoms with Crippen LogP contribution in [0.15, 0.2) is 54.6 Å². The number of anilines is 1. The first-order chi connectivity index (χ1) is 17.4. The molecule has 0 spiro atoms. The van der Waals surface area contributed by atoms with Crippen LogP contribution in [0.5, 0.6) is 11.5 Å². The Kier molecular flexibility index (Phi) is 6.58. The lowest BCUT2D eigenvalue weighted by Gasteiger charge is -2.45. The quantitative estimate of drug-likeness (QED) is 0.460. The number of carbonyl (C=O) groups is 2. The molecular weight excluding hydrogens is 483 g/mol. The Balaban J connectivity index is 1.64. The van der Waals surface area contributed by atoms with E-state index in [4.69, 9.17) is 21.1 Å². The Morgan fingerprint density at radius 3 is 2.50 bits per heavy atom. The van der Waals surface area contributed by atoms with Gasteiger partial charge >= 0.3 is 0 Å². The van der Waals surface area contributed by atoms with Crippen molar-refractivity contribution in [3.63, 3.8) is 0 Å². The predicted molar refractivity (Wildman–Crippen MR) is 135 cm³/mol. The minimum atomic E-state index is -0.716. The molecule has 0 aliphatic carbocycles. The Labute approximate surface area is 214 Å². The average molecular weight is 509 g/mol. The van der Waals surface area contributed by atoms with E-state index in [0.717, 1.165) is 17.2 Å². The van der Waals surface area contributed by atoms with Gasteiger partial charge in [-0.05, 0) is 73.4 Å². The molecule has 2 heterocycles. The van der Waals surface area contributed by atoms with E-state index in [0.29, 0.717) is 54.5 Å². The van der Waals surface area contributed by atoms with E-state index in [1.165, 1.54) is 12.1 Å². The highest BCUT2D eigenvalue weighted by molar-refractivity contribution is 6.33. The lowest BCUT2D eigenvalue weighted by molar-refractivity contribution is -0.119. The number of hydrogen-bond acceptors (Lipinski definition) is 4. The molecule has 2 amide bonds. The largest absolute Gasteiger partial charge is 0.490 e. The van der Waals surface area contributed by atoms with Crippen LogP contribution in [0.2, 0.25) is 5.02 Å². The van der Waals surface area contributed by atoms with Gasteiger partial charge in [-0.15, -0.1) is 0 Å². The first kappa shape index (κ1) is 24.1. The van der Waals surface area contributed by atoms with E-state index in [1.54, 1.807) is 17.0 Å². The zero-order valence-electron chi connectivity index (χ0n) is 20.0. The number of rotatable bonds is 6. The van der Waals surface area contributed by atoms with Crippen LogP contribution in [0.3, 0.4) is 0 Å². The monoisotopic (exact) mass is 508 g/mol. The van der Waals surface area contributed by atoms with Crippen LogP contribution in [-0.4, -0.2) is 36.5 Å². The molecule has 0 radical (unpaired) electrons. The lowest BCUT2D eigenvalue weighted by atomic mass is 9.75. The van der Waals surface area contributed by atoms with E-state index in [2.05, 4.69) is 5.32 Å². The minimum absolute atomic E-state index is 0.101. The standard InChI is InChI=1S/C28H26ClFN2O4/c1-3-35-23-13-16-11-12-32-26(20(16)15-24(23)36-4-2)25(18-7-5-6-8-19(18)28(32)34)27(33)31-22-10-9-17(30)14-21(22)29/h5-10,13-15,25-26H,3-4,11-12H2,1-2H3,(H,31,33)/t25-,26-/m0/s1. The van der Waals surface area contributed by atoms with E-state index in [1.807, 2.05) is 38.1 Å². The second kappa shape index (κ2) is 9.82. The van der Waals surface area contributed by atoms with Gasteiger partial charge in [0.2, 0.25) is 5.91 Å². The third-order valence-electron chi connectivity index (χ3n) is 6.66. The number of nitrogens with zero attached hydrogens (tertiary/aromatic N) is 1. The summed E-state index contributed by atoms with van der Waals surface area (Å²) < 4.78 is 25.3. The van der Waals surface area contributed by atoms with Crippen LogP contribution in [0.1, 0.15) is 52.9 Å². The Morgan fingerprint density at radius 2 is 1.78 bits per heavy atom. The van der Waals surface area contributed by atoms with Gasteiger partial charge in [-0.1, -0.05) is 29.8 Å². The number of ether oxygens (including phenoxy) is 2. The van der Waals surface area contributed by atoms with Crippen LogP contribution >= 0.6 is 11.6 Å². The fourth-order valence-electron chi connectivity index (χ4n) is 5.16. The van der Waals surface area contributed by atoms with Crippen molar-refractivity contribution >= 4 is 29.1 Å². The molecular formula is C28H26ClFN2O4. The van der Waals surface area contributed by atoms with E-state index in [-0.39, 0.29) is 16.8 Å². The predicted octanol–water partition coefficient (Wildman–Crippen LogP) is 5.75. The number of halogens is 2. The molecule has 36 heavy (non-hydrogen) atoms. The van der Waals surface area contributed by atoms with Crippen LogP contribution in [0, 0.1) is 5.82 Å². The van der Waals surface area contributed by atoms with E-state index >= 15 is 0 Å². The lowest BCUT2D eigenvalue weighted by Crippen LogP contribution is -2.49. The Bertz CT molecular complexity index is 1350. The number of amides is 2. The molecule has 0 unspecified atom stereocenters. The maximum Gasteiger partial charge on any atom is 0.254 e. The molecule has 186 valence electrons. The smallest absolute Gasteiger partial charge is 0.254 e. The molecule has 2 aliphatic rings. The fraction of sp³-hybridized carbons (Fsp3) is 0.286. The zero-order valence-corrected chi connectivity index (χ0v) is 20.8. The molecule has 0 fully saturated rings. The molecule has 8 heteroatoms. The van der Waals surface area contributed by atoms with Crippen molar-refractivity contribution in [3.05, 3.63) is 87.7 Å². The van der Waals surface area contributed by atoms with Crippen molar-refractivity contribution < 1.29 is 23.5 Å². The number of hydrogen-bond donors (Lipinski definition) is 1. The summed E-state index contributed by atoms with van der Waals surface area (Å²) >= 11 is 6.21. The molecule has 2 atom stereocenters. The van der Waals surface area contributed by atoms with Crippen LogP contribution < -0.4 is 14.8 Å². The Morgan fingerprint density at radius 1 is 1.06 bits per heavy atom. The molecule has 3 aromatic carbocycles. The summed E-state index contributed by atoms with van der Waals surface area (Å²) in [5, 5.41) is 2.97. The molecule has 0 saturated carbocycles. The summed E-state index contributed by atoms with van der Waals surface area (Å²) in [5.41, 5.74) is 3.30. The molecule has 5 rings (SSSR count). The maximum atomic E-state index is 13.9. The average Bonchev–Trinajstić information content (AvgIpc) is 2.86. The normalized spacial score (nSPS) is 18.1. The SMILES string of the molecule is CCOc1cc2c(cc1OCC)[C@H]1[C@@H](C(=O)Nc3ccc(F)cc3Cl)c3ccccc3C(=O)N1CC2. The molecule has 0 bridgehead atoms. The highest BCUT2D eigenvalue weighted by atomic mass is 35.5. The summed E-state index contributed by atoms with van der Waals surface area (Å²) in [5.74, 6) is -0.436. The highest BCUT2D eigenvalue weighted by Gasteiger charge is 2.46. The third kappa shape index (κ3) is 4.17. The number of nitrogens with one attached hydrogen (secondary N) is 1. The van der Waals surface area contributed by atoms with Crippen LogP contribution in [-0.2, 0) is 11.2 Å². The summed E-state index contributed by atoms with van der Waals surface area (Å²) in [4.78, 5) is 29.2. The van der Waals surface area contributed by atoms with Gasteiger partial charge in [0.1, 0.15) is 5.82 Å². The zero-order chi connectivity index (χ0) is 25.4. The minimum Gasteiger partial charge on any atom is -0.490 e. The molecule has 1 N–H and O–H groups in total. The van der Waals surface area contributed by atoms with Gasteiger partial charge in [-0.2, -0.15) is 0 Å². The van der Waals surface area contributed by atoms with Crippen molar-refractivity contribution in [3.8, 4) is 11.5 Å². The Hall–Kier alpha value is -3.58. The van der Waals surface area contributed by atoms with Crippen LogP contribution in [0.4, 0.5) is 10.1 Å². The van der Waals surface area contributed by atoms with Crippen molar-refractivity contribution in [2.45, 2.75) is 32.2 Å². The van der Waals surface area contributed by atoms with E-state index in [9.17, 15) is 14.0 Å². The topological polar surface area (TPSA) is 67.9 Å². The second-order valence-electron chi connectivity index (χ2n) is 8.74. The maximum absolute atomic E-state index is 13.9. The number of fused-ring (bicyclic) bond motifs is 4. The molecule has 0 saturated heterocycles. The van der Waals surface area contributed by atoms with Gasteiger partial charge in [0.05, 0.1) is 35.9 Å². The van der Waals surface area contributed by atoms with Gasteiger partial charge in [0.15, 0.2) is 11.5 Å². The summed E-state index contributed by atoms with van der Waals surface area (Å²) in [6, 6.07) is 14.3. The molecule has 6 nitrogen and oxygen atoms in total. The van der Waals surface area contributed by atoms with Crippen molar-refractivity contribution in [2.24, 2.45) is 0 Å². The summed E-state index contributed by atoms with van der Waals surface area (Å²) in [6.07, 6.45) is 0.629. The van der Waals surface area contributed by atoms with Gasteiger partial charge < -0.3 is 19.7 Å².